The van der Waals surface area contributed by atoms with Crippen LogP contribution >= 0.6 is 11.3 Å². The van der Waals surface area contributed by atoms with Gasteiger partial charge in [0.15, 0.2) is 0 Å². The highest BCUT2D eigenvalue weighted by atomic mass is 32.1. The number of carbonyl (C=O) groups is 2. The first kappa shape index (κ1) is 15.3. The maximum Gasteiger partial charge on any atom is 0.338 e. The summed E-state index contributed by atoms with van der Waals surface area (Å²) in [5.41, 5.74) is 1.09. The first-order valence-electron chi connectivity index (χ1n) is 6.84. The SMILES string of the molecule is CCCCC(=O)Nc1sc(-c2ccccc2)cc1C(=O)O. The smallest absolute Gasteiger partial charge is 0.338 e. The topological polar surface area (TPSA) is 66.4 Å². The Labute approximate surface area is 127 Å². The van der Waals surface area contributed by atoms with Gasteiger partial charge in [0.2, 0.25) is 5.91 Å². The van der Waals surface area contributed by atoms with E-state index < -0.39 is 5.97 Å². The molecule has 0 radical (unpaired) electrons. The molecule has 2 N–H and O–H groups in total. The number of carbonyl (C=O) groups excluding carboxylic acids is 1. The van der Waals surface area contributed by atoms with Gasteiger partial charge in [-0.25, -0.2) is 4.79 Å². The van der Waals surface area contributed by atoms with Crippen LogP contribution in [0.3, 0.4) is 0 Å². The summed E-state index contributed by atoms with van der Waals surface area (Å²) in [5.74, 6) is -1.17. The van der Waals surface area contributed by atoms with Gasteiger partial charge >= 0.3 is 5.97 Å². The molecular formula is C16H17NO3S. The number of amides is 1. The van der Waals surface area contributed by atoms with Gasteiger partial charge in [-0.2, -0.15) is 0 Å². The van der Waals surface area contributed by atoms with Gasteiger partial charge in [0.05, 0.1) is 5.56 Å². The van der Waals surface area contributed by atoms with Crippen molar-refractivity contribution in [2.75, 3.05) is 5.32 Å². The molecule has 0 unspecified atom stereocenters. The largest absolute Gasteiger partial charge is 0.478 e. The van der Waals surface area contributed by atoms with Crippen molar-refractivity contribution in [3.63, 3.8) is 0 Å². The lowest BCUT2D eigenvalue weighted by Gasteiger charge is -2.03. The maximum absolute atomic E-state index is 11.8. The molecule has 21 heavy (non-hydrogen) atoms. The minimum atomic E-state index is -1.03. The van der Waals surface area contributed by atoms with E-state index >= 15 is 0 Å². The number of aromatic carboxylic acids is 1. The molecule has 4 nitrogen and oxygen atoms in total. The number of thiophene rings is 1. The van der Waals surface area contributed by atoms with Gasteiger partial charge in [-0.05, 0) is 18.1 Å². The minimum absolute atomic E-state index is 0.138. The third-order valence-corrected chi connectivity index (χ3v) is 4.13. The van der Waals surface area contributed by atoms with Gasteiger partial charge in [0.1, 0.15) is 5.00 Å². The van der Waals surface area contributed by atoms with Crippen molar-refractivity contribution in [3.05, 3.63) is 42.0 Å². The third kappa shape index (κ3) is 3.92. The normalized spacial score (nSPS) is 10.3. The van der Waals surface area contributed by atoms with Crippen LogP contribution in [0, 0.1) is 0 Å². The van der Waals surface area contributed by atoms with Crippen LogP contribution in [0.1, 0.15) is 36.5 Å². The molecule has 0 aliphatic rings. The van der Waals surface area contributed by atoms with Crippen LogP contribution in [0.2, 0.25) is 0 Å². The Hall–Kier alpha value is -2.14. The summed E-state index contributed by atoms with van der Waals surface area (Å²) in [6, 6.07) is 11.1. The zero-order valence-electron chi connectivity index (χ0n) is 11.8. The van der Waals surface area contributed by atoms with E-state index in [9.17, 15) is 14.7 Å². The van der Waals surface area contributed by atoms with Crippen molar-refractivity contribution < 1.29 is 14.7 Å². The first-order valence-corrected chi connectivity index (χ1v) is 7.66. The van der Waals surface area contributed by atoms with Gasteiger partial charge < -0.3 is 10.4 Å². The second-order valence-electron chi connectivity index (χ2n) is 4.68. The summed E-state index contributed by atoms with van der Waals surface area (Å²) in [4.78, 5) is 23.9. The van der Waals surface area contributed by atoms with E-state index in [1.54, 1.807) is 6.07 Å². The van der Waals surface area contributed by atoms with Crippen LogP contribution in [0.4, 0.5) is 5.00 Å². The zero-order chi connectivity index (χ0) is 15.2. The van der Waals surface area contributed by atoms with Gasteiger partial charge in [-0.3, -0.25) is 4.79 Å². The van der Waals surface area contributed by atoms with E-state index in [-0.39, 0.29) is 11.5 Å². The van der Waals surface area contributed by atoms with E-state index in [2.05, 4.69) is 5.32 Å². The van der Waals surface area contributed by atoms with E-state index in [1.807, 2.05) is 37.3 Å². The Balaban J connectivity index is 2.26. The lowest BCUT2D eigenvalue weighted by atomic mass is 10.1. The summed E-state index contributed by atoms with van der Waals surface area (Å²) < 4.78 is 0. The Morgan fingerprint density at radius 3 is 2.57 bits per heavy atom. The molecule has 1 aromatic heterocycles. The number of anilines is 1. The maximum atomic E-state index is 11.8. The molecule has 1 heterocycles. The lowest BCUT2D eigenvalue weighted by Crippen LogP contribution is -2.12. The number of nitrogens with one attached hydrogen (secondary N) is 1. The number of carboxylic acid groups (broad SMARTS) is 1. The van der Waals surface area contributed by atoms with Crippen LogP contribution in [0.15, 0.2) is 36.4 Å². The molecule has 0 fully saturated rings. The van der Waals surface area contributed by atoms with Gasteiger partial charge in [0.25, 0.3) is 0 Å². The van der Waals surface area contributed by atoms with Crippen molar-refractivity contribution >= 4 is 28.2 Å². The number of hydrogen-bond acceptors (Lipinski definition) is 3. The van der Waals surface area contributed by atoms with E-state index in [4.69, 9.17) is 0 Å². The summed E-state index contributed by atoms with van der Waals surface area (Å²) in [5, 5.41) is 12.4. The fraction of sp³-hybridized carbons (Fsp3) is 0.250. The average Bonchev–Trinajstić information content (AvgIpc) is 2.90. The number of carboxylic acids is 1. The molecule has 0 aliphatic carbocycles. The molecular weight excluding hydrogens is 286 g/mol. The highest BCUT2D eigenvalue weighted by molar-refractivity contribution is 7.20. The van der Waals surface area contributed by atoms with Crippen LogP contribution < -0.4 is 5.32 Å². The monoisotopic (exact) mass is 303 g/mol. The van der Waals surface area contributed by atoms with E-state index in [0.29, 0.717) is 11.4 Å². The van der Waals surface area contributed by atoms with Crippen molar-refractivity contribution in [1.82, 2.24) is 0 Å². The second kappa shape index (κ2) is 7.04. The summed E-state index contributed by atoms with van der Waals surface area (Å²) in [6.07, 6.45) is 2.14. The molecule has 2 rings (SSSR count). The highest BCUT2D eigenvalue weighted by Gasteiger charge is 2.17. The standard InChI is InChI=1S/C16H17NO3S/c1-2-3-9-14(18)17-15-12(16(19)20)10-13(21-15)11-7-5-4-6-8-11/h4-8,10H,2-3,9H2,1H3,(H,17,18)(H,19,20). The van der Waals surface area contributed by atoms with Crippen molar-refractivity contribution in [3.8, 4) is 10.4 Å². The summed E-state index contributed by atoms with van der Waals surface area (Å²) in [7, 11) is 0. The predicted octanol–water partition coefficient (Wildman–Crippen LogP) is 4.24. The predicted molar refractivity (Wildman–Crippen MR) is 84.9 cm³/mol. The second-order valence-corrected chi connectivity index (χ2v) is 5.73. The fourth-order valence-corrected chi connectivity index (χ4v) is 2.99. The zero-order valence-corrected chi connectivity index (χ0v) is 12.6. The van der Waals surface area contributed by atoms with Gasteiger partial charge in [0, 0.05) is 11.3 Å². The Morgan fingerprint density at radius 2 is 1.95 bits per heavy atom. The molecule has 0 spiro atoms. The van der Waals surface area contributed by atoms with Crippen LogP contribution in [-0.2, 0) is 4.79 Å². The number of benzene rings is 1. The van der Waals surface area contributed by atoms with E-state index in [0.717, 1.165) is 23.3 Å². The molecule has 110 valence electrons. The summed E-state index contributed by atoms with van der Waals surface area (Å²) >= 11 is 1.29. The molecule has 1 aromatic carbocycles. The van der Waals surface area contributed by atoms with Crippen LogP contribution in [0.25, 0.3) is 10.4 Å². The van der Waals surface area contributed by atoms with Crippen LogP contribution in [-0.4, -0.2) is 17.0 Å². The van der Waals surface area contributed by atoms with Crippen molar-refractivity contribution in [2.24, 2.45) is 0 Å². The fourth-order valence-electron chi connectivity index (χ4n) is 1.91. The molecule has 0 saturated carbocycles. The summed E-state index contributed by atoms with van der Waals surface area (Å²) in [6.45, 7) is 2.01. The number of hydrogen-bond donors (Lipinski definition) is 2. The number of unbranched alkanes of at least 4 members (excludes halogenated alkanes) is 1. The molecule has 0 atom stereocenters. The first-order chi connectivity index (χ1) is 10.1. The molecule has 2 aromatic rings. The Kier molecular flexibility index (Phi) is 5.11. The Bertz CT molecular complexity index is 634. The van der Waals surface area contributed by atoms with Gasteiger partial charge in [-0.1, -0.05) is 43.7 Å². The number of rotatable bonds is 6. The lowest BCUT2D eigenvalue weighted by molar-refractivity contribution is -0.116. The molecule has 5 heteroatoms. The molecule has 0 bridgehead atoms. The quantitative estimate of drug-likeness (QED) is 0.838. The van der Waals surface area contributed by atoms with Crippen molar-refractivity contribution in [1.29, 1.82) is 0 Å². The third-order valence-electron chi connectivity index (χ3n) is 3.03. The molecule has 0 aliphatic heterocycles. The highest BCUT2D eigenvalue weighted by Crippen LogP contribution is 2.35. The Morgan fingerprint density at radius 1 is 1.24 bits per heavy atom. The van der Waals surface area contributed by atoms with Gasteiger partial charge in [-0.15, -0.1) is 11.3 Å². The van der Waals surface area contributed by atoms with Crippen LogP contribution in [0.5, 0.6) is 0 Å². The van der Waals surface area contributed by atoms with Crippen molar-refractivity contribution in [2.45, 2.75) is 26.2 Å². The van der Waals surface area contributed by atoms with E-state index in [1.165, 1.54) is 11.3 Å². The molecule has 0 saturated heterocycles. The average molecular weight is 303 g/mol. The minimum Gasteiger partial charge on any atom is -0.478 e. The molecule has 1 amide bonds.